The van der Waals surface area contributed by atoms with E-state index in [1.165, 1.54) is 36.9 Å². The molecule has 0 bridgehead atoms. The van der Waals surface area contributed by atoms with Crippen molar-refractivity contribution in [1.29, 1.82) is 0 Å². The predicted octanol–water partition coefficient (Wildman–Crippen LogP) is 4.04. The van der Waals surface area contributed by atoms with Crippen LogP contribution < -0.4 is 4.90 Å². The average Bonchev–Trinajstić information content (AvgIpc) is 3.74. The van der Waals surface area contributed by atoms with Crippen molar-refractivity contribution in [3.8, 4) is 5.69 Å². The van der Waals surface area contributed by atoms with E-state index in [0.717, 1.165) is 67.5 Å². The van der Waals surface area contributed by atoms with Crippen molar-refractivity contribution < 1.29 is 4.52 Å². The van der Waals surface area contributed by atoms with Gasteiger partial charge >= 0.3 is 0 Å². The molecule has 0 N–H and O–H groups in total. The molecule has 2 aliphatic carbocycles. The first-order valence-electron chi connectivity index (χ1n) is 11.8. The molecule has 0 atom stereocenters. The number of rotatable bonds is 4. The lowest BCUT2D eigenvalue weighted by molar-refractivity contribution is 0.243. The fourth-order valence-corrected chi connectivity index (χ4v) is 5.40. The highest BCUT2D eigenvalue weighted by molar-refractivity contribution is 6.30. The monoisotopic (exact) mass is 451 g/mol. The highest BCUT2D eigenvalue weighted by Crippen LogP contribution is 2.40. The SMILES string of the molecule is Clc1ccc2c(c1)CN(C1CC1)Cc1nnc(C3CCN(c4noc(C5CC5)n4)CC3)n1-2. The third-order valence-corrected chi connectivity index (χ3v) is 7.55. The third-order valence-electron chi connectivity index (χ3n) is 7.32. The molecule has 3 fully saturated rings. The van der Waals surface area contributed by atoms with Gasteiger partial charge in [-0.3, -0.25) is 9.47 Å². The summed E-state index contributed by atoms with van der Waals surface area (Å²) in [5, 5.41) is 14.4. The lowest BCUT2D eigenvalue weighted by atomic mass is 9.96. The maximum absolute atomic E-state index is 6.38. The van der Waals surface area contributed by atoms with Gasteiger partial charge in [0.1, 0.15) is 5.82 Å². The van der Waals surface area contributed by atoms with Crippen LogP contribution in [0.4, 0.5) is 5.95 Å². The number of fused-ring (bicyclic) bond motifs is 3. The van der Waals surface area contributed by atoms with Crippen LogP contribution in [-0.2, 0) is 13.1 Å². The highest BCUT2D eigenvalue weighted by Gasteiger charge is 2.36. The van der Waals surface area contributed by atoms with E-state index in [4.69, 9.17) is 21.2 Å². The minimum Gasteiger partial charge on any atom is -0.338 e. The quantitative estimate of drug-likeness (QED) is 0.592. The number of hydrogen-bond acceptors (Lipinski definition) is 7. The van der Waals surface area contributed by atoms with Gasteiger partial charge in [-0.05, 0) is 67.4 Å². The van der Waals surface area contributed by atoms with Crippen molar-refractivity contribution in [2.24, 2.45) is 0 Å². The average molecular weight is 452 g/mol. The molecule has 2 aromatic heterocycles. The van der Waals surface area contributed by atoms with Gasteiger partial charge in [-0.15, -0.1) is 10.2 Å². The van der Waals surface area contributed by atoms with Crippen LogP contribution in [0.5, 0.6) is 0 Å². The van der Waals surface area contributed by atoms with Gasteiger partial charge in [0.05, 0.1) is 12.2 Å². The predicted molar refractivity (Wildman–Crippen MR) is 119 cm³/mol. The molecule has 4 heterocycles. The van der Waals surface area contributed by atoms with Crippen LogP contribution in [0.15, 0.2) is 22.7 Å². The second-order valence-corrected chi connectivity index (χ2v) is 10.1. The van der Waals surface area contributed by atoms with Crippen LogP contribution in [-0.4, -0.2) is 48.9 Å². The van der Waals surface area contributed by atoms with E-state index in [1.54, 1.807) is 0 Å². The summed E-state index contributed by atoms with van der Waals surface area (Å²) >= 11 is 6.38. The Morgan fingerprint density at radius 2 is 1.78 bits per heavy atom. The number of hydrogen-bond donors (Lipinski definition) is 0. The zero-order valence-corrected chi connectivity index (χ0v) is 18.7. The minimum atomic E-state index is 0.360. The summed E-state index contributed by atoms with van der Waals surface area (Å²) in [7, 11) is 0. The molecule has 1 aromatic carbocycles. The van der Waals surface area contributed by atoms with Crippen molar-refractivity contribution in [1.82, 2.24) is 29.8 Å². The maximum atomic E-state index is 6.38. The summed E-state index contributed by atoms with van der Waals surface area (Å²) in [6.07, 6.45) is 6.89. The van der Waals surface area contributed by atoms with Gasteiger partial charge in [-0.25, -0.2) is 0 Å². The fraction of sp³-hybridized carbons (Fsp3) is 0.565. The van der Waals surface area contributed by atoms with Crippen molar-refractivity contribution in [2.75, 3.05) is 18.0 Å². The van der Waals surface area contributed by atoms with Crippen molar-refractivity contribution in [3.05, 3.63) is 46.3 Å². The van der Waals surface area contributed by atoms with E-state index in [0.29, 0.717) is 17.9 Å². The normalized spacial score (nSPS) is 22.0. The Hall–Kier alpha value is -2.45. The summed E-state index contributed by atoms with van der Waals surface area (Å²) in [4.78, 5) is 9.41. The summed E-state index contributed by atoms with van der Waals surface area (Å²) in [5.41, 5.74) is 2.45. The summed E-state index contributed by atoms with van der Waals surface area (Å²) in [6.45, 7) is 3.56. The zero-order valence-electron chi connectivity index (χ0n) is 18.0. The van der Waals surface area contributed by atoms with E-state index in [-0.39, 0.29) is 0 Å². The largest absolute Gasteiger partial charge is 0.338 e. The molecule has 0 amide bonds. The fourth-order valence-electron chi connectivity index (χ4n) is 5.20. The van der Waals surface area contributed by atoms with Crippen LogP contribution in [0.3, 0.4) is 0 Å². The lowest BCUT2D eigenvalue weighted by Crippen LogP contribution is -2.34. The minimum absolute atomic E-state index is 0.360. The molecule has 8 nitrogen and oxygen atoms in total. The molecule has 166 valence electrons. The highest BCUT2D eigenvalue weighted by atomic mass is 35.5. The Morgan fingerprint density at radius 1 is 0.938 bits per heavy atom. The van der Waals surface area contributed by atoms with Crippen LogP contribution in [0.25, 0.3) is 5.69 Å². The zero-order chi connectivity index (χ0) is 21.2. The Kier molecular flexibility index (Phi) is 4.34. The number of halogens is 1. The molecule has 2 saturated carbocycles. The first-order valence-corrected chi connectivity index (χ1v) is 12.2. The number of piperidine rings is 1. The molecule has 0 radical (unpaired) electrons. The van der Waals surface area contributed by atoms with Crippen LogP contribution in [0.1, 0.15) is 73.5 Å². The van der Waals surface area contributed by atoms with E-state index < -0.39 is 0 Å². The lowest BCUT2D eigenvalue weighted by Gasteiger charge is -2.30. The number of anilines is 1. The van der Waals surface area contributed by atoms with E-state index in [9.17, 15) is 0 Å². The summed E-state index contributed by atoms with van der Waals surface area (Å²) in [6, 6.07) is 6.89. The molecule has 2 aliphatic heterocycles. The van der Waals surface area contributed by atoms with E-state index in [1.807, 2.05) is 6.07 Å². The van der Waals surface area contributed by atoms with E-state index in [2.05, 4.69) is 41.7 Å². The van der Waals surface area contributed by atoms with Gasteiger partial charge < -0.3 is 9.42 Å². The number of aromatic nitrogens is 5. The third kappa shape index (κ3) is 3.31. The topological polar surface area (TPSA) is 76.1 Å². The Labute approximate surface area is 191 Å². The first-order chi connectivity index (χ1) is 15.7. The molecular formula is C23H26ClN7O. The number of nitrogens with zero attached hydrogens (tertiary/aromatic N) is 7. The van der Waals surface area contributed by atoms with Crippen LogP contribution in [0.2, 0.25) is 5.02 Å². The maximum Gasteiger partial charge on any atom is 0.266 e. The Balaban J connectivity index is 1.16. The molecule has 0 spiro atoms. The first kappa shape index (κ1) is 19.1. The van der Waals surface area contributed by atoms with Crippen molar-refractivity contribution in [3.63, 3.8) is 0 Å². The number of benzene rings is 1. The standard InChI is InChI=1S/C23H26ClN7O/c24-17-3-6-19-16(11-17)12-30(18-4-5-18)13-20-26-27-21(31(19)20)14-7-9-29(10-8-14)23-25-22(32-28-23)15-1-2-15/h3,6,11,14-15,18H,1-2,4-5,7-10,12-13H2. The second kappa shape index (κ2) is 7.28. The summed E-state index contributed by atoms with van der Waals surface area (Å²) in [5.74, 6) is 4.52. The van der Waals surface area contributed by atoms with Gasteiger partial charge in [-0.2, -0.15) is 4.98 Å². The van der Waals surface area contributed by atoms with Gasteiger partial charge in [0.2, 0.25) is 5.89 Å². The van der Waals surface area contributed by atoms with Gasteiger partial charge in [-0.1, -0.05) is 11.6 Å². The molecule has 1 saturated heterocycles. The molecule has 32 heavy (non-hydrogen) atoms. The molecule has 7 rings (SSSR count). The molecular weight excluding hydrogens is 426 g/mol. The van der Waals surface area contributed by atoms with Crippen molar-refractivity contribution in [2.45, 2.75) is 69.5 Å². The van der Waals surface area contributed by atoms with Gasteiger partial charge in [0, 0.05) is 42.5 Å². The van der Waals surface area contributed by atoms with Crippen LogP contribution in [0, 0.1) is 0 Å². The Morgan fingerprint density at radius 3 is 2.56 bits per heavy atom. The molecule has 4 aliphatic rings. The molecule has 9 heteroatoms. The van der Waals surface area contributed by atoms with Gasteiger partial charge in [0.25, 0.3) is 5.95 Å². The Bertz CT molecular complexity index is 1160. The van der Waals surface area contributed by atoms with Crippen molar-refractivity contribution >= 4 is 17.5 Å². The van der Waals surface area contributed by atoms with E-state index >= 15 is 0 Å². The summed E-state index contributed by atoms with van der Waals surface area (Å²) < 4.78 is 7.78. The van der Waals surface area contributed by atoms with Crippen LogP contribution >= 0.6 is 11.6 Å². The molecule has 0 unspecified atom stereocenters. The van der Waals surface area contributed by atoms with Gasteiger partial charge in [0.15, 0.2) is 5.82 Å². The smallest absolute Gasteiger partial charge is 0.266 e. The second-order valence-electron chi connectivity index (χ2n) is 9.69. The molecule has 3 aromatic rings.